The van der Waals surface area contributed by atoms with E-state index in [4.69, 9.17) is 0 Å². The van der Waals surface area contributed by atoms with Crippen LogP contribution in [-0.2, 0) is 11.3 Å². The third kappa shape index (κ3) is 6.60. The van der Waals surface area contributed by atoms with E-state index in [-0.39, 0.29) is 36.6 Å². The monoisotopic (exact) mass is 375 g/mol. The van der Waals surface area contributed by atoms with Crippen molar-refractivity contribution < 1.29 is 4.79 Å². The van der Waals surface area contributed by atoms with Crippen LogP contribution in [0.3, 0.4) is 0 Å². The molecule has 2 unspecified atom stereocenters. The first kappa shape index (κ1) is 23.2. The average Bonchev–Trinajstić information content (AvgIpc) is 2.71. The van der Waals surface area contributed by atoms with Gasteiger partial charge in [-0.1, -0.05) is 37.3 Å². The molecule has 0 bridgehead atoms. The standard InChI is InChI=1S/C18H29N3O.2ClH/c1-15(13-19-3)18(22)20-10-9-16(2)21(12-11-20)14-17-7-5-4-6-8-17;;/h4-8,15-16,19H,9-14H2,1-3H3;2*1H. The largest absolute Gasteiger partial charge is 0.341 e. The van der Waals surface area contributed by atoms with Crippen LogP contribution in [0.15, 0.2) is 30.3 Å². The highest BCUT2D eigenvalue weighted by Crippen LogP contribution is 2.16. The molecular formula is C18H31Cl2N3O. The number of nitrogens with one attached hydrogen (secondary N) is 1. The van der Waals surface area contributed by atoms with Crippen LogP contribution in [0.2, 0.25) is 0 Å². The van der Waals surface area contributed by atoms with Crippen LogP contribution < -0.4 is 5.32 Å². The van der Waals surface area contributed by atoms with Gasteiger partial charge < -0.3 is 10.2 Å². The van der Waals surface area contributed by atoms with Crippen LogP contribution in [-0.4, -0.2) is 55.0 Å². The normalized spacial score (nSPS) is 19.6. The molecule has 1 aromatic carbocycles. The summed E-state index contributed by atoms with van der Waals surface area (Å²) in [5.41, 5.74) is 1.35. The third-order valence-electron chi connectivity index (χ3n) is 4.57. The molecule has 0 aromatic heterocycles. The van der Waals surface area contributed by atoms with E-state index in [1.54, 1.807) is 0 Å². The smallest absolute Gasteiger partial charge is 0.226 e. The fourth-order valence-corrected chi connectivity index (χ4v) is 3.08. The molecule has 1 saturated heterocycles. The van der Waals surface area contributed by atoms with E-state index in [0.717, 1.165) is 39.1 Å². The molecule has 24 heavy (non-hydrogen) atoms. The number of halogens is 2. The second-order valence-electron chi connectivity index (χ2n) is 6.38. The topological polar surface area (TPSA) is 35.6 Å². The lowest BCUT2D eigenvalue weighted by Gasteiger charge is -2.26. The number of nitrogens with zero attached hydrogens (tertiary/aromatic N) is 2. The molecule has 1 aromatic rings. The van der Waals surface area contributed by atoms with Gasteiger partial charge in [-0.3, -0.25) is 9.69 Å². The molecule has 0 aliphatic carbocycles. The maximum Gasteiger partial charge on any atom is 0.226 e. The van der Waals surface area contributed by atoms with Gasteiger partial charge in [0.1, 0.15) is 0 Å². The Labute approximate surface area is 158 Å². The van der Waals surface area contributed by atoms with Crippen molar-refractivity contribution in [2.75, 3.05) is 33.2 Å². The van der Waals surface area contributed by atoms with Gasteiger partial charge in [0, 0.05) is 44.7 Å². The molecular weight excluding hydrogens is 345 g/mol. The van der Waals surface area contributed by atoms with Gasteiger partial charge in [0.05, 0.1) is 0 Å². The van der Waals surface area contributed by atoms with Crippen molar-refractivity contribution >= 4 is 30.7 Å². The van der Waals surface area contributed by atoms with E-state index in [0.29, 0.717) is 6.04 Å². The van der Waals surface area contributed by atoms with Gasteiger partial charge in [0.15, 0.2) is 0 Å². The van der Waals surface area contributed by atoms with Crippen molar-refractivity contribution in [1.82, 2.24) is 15.1 Å². The zero-order valence-corrected chi connectivity index (χ0v) is 16.5. The predicted molar refractivity (Wildman–Crippen MR) is 105 cm³/mol. The van der Waals surface area contributed by atoms with Crippen LogP contribution in [0.4, 0.5) is 0 Å². The molecule has 0 spiro atoms. The van der Waals surface area contributed by atoms with Crippen molar-refractivity contribution in [3.8, 4) is 0 Å². The van der Waals surface area contributed by atoms with Crippen molar-refractivity contribution in [3.63, 3.8) is 0 Å². The van der Waals surface area contributed by atoms with Crippen molar-refractivity contribution in [2.24, 2.45) is 5.92 Å². The van der Waals surface area contributed by atoms with E-state index in [2.05, 4.69) is 47.5 Å². The Balaban J connectivity index is 0.00000264. The summed E-state index contributed by atoms with van der Waals surface area (Å²) in [5, 5.41) is 3.10. The average molecular weight is 376 g/mol. The first-order chi connectivity index (χ1) is 10.6. The molecule has 2 atom stereocenters. The number of hydrogen-bond donors (Lipinski definition) is 1. The third-order valence-corrected chi connectivity index (χ3v) is 4.57. The Morgan fingerprint density at radius 2 is 1.88 bits per heavy atom. The number of carbonyl (C=O) groups is 1. The minimum absolute atomic E-state index is 0. The molecule has 0 saturated carbocycles. The van der Waals surface area contributed by atoms with Gasteiger partial charge in [-0.05, 0) is 26.0 Å². The Morgan fingerprint density at radius 3 is 2.50 bits per heavy atom. The lowest BCUT2D eigenvalue weighted by molar-refractivity contribution is -0.134. The highest BCUT2D eigenvalue weighted by molar-refractivity contribution is 5.85. The molecule has 2 rings (SSSR count). The summed E-state index contributed by atoms with van der Waals surface area (Å²) in [6.07, 6.45) is 1.05. The van der Waals surface area contributed by atoms with Crippen LogP contribution in [0.25, 0.3) is 0 Å². The Morgan fingerprint density at radius 1 is 1.21 bits per heavy atom. The molecule has 138 valence electrons. The van der Waals surface area contributed by atoms with Crippen LogP contribution >= 0.6 is 24.8 Å². The summed E-state index contributed by atoms with van der Waals surface area (Å²) in [6.45, 7) is 8.66. The molecule has 0 radical (unpaired) electrons. The minimum Gasteiger partial charge on any atom is -0.341 e. The minimum atomic E-state index is 0. The molecule has 1 heterocycles. The number of benzene rings is 1. The van der Waals surface area contributed by atoms with Crippen molar-refractivity contribution in [2.45, 2.75) is 32.9 Å². The van der Waals surface area contributed by atoms with Crippen LogP contribution in [0.5, 0.6) is 0 Å². The first-order valence-corrected chi connectivity index (χ1v) is 8.33. The number of amides is 1. The molecule has 1 fully saturated rings. The second-order valence-corrected chi connectivity index (χ2v) is 6.38. The lowest BCUT2D eigenvalue weighted by atomic mass is 10.1. The Kier molecular flexibility index (Phi) is 11.3. The van der Waals surface area contributed by atoms with Gasteiger partial charge in [-0.15, -0.1) is 24.8 Å². The zero-order chi connectivity index (χ0) is 15.9. The molecule has 1 amide bonds. The van der Waals surface area contributed by atoms with Crippen LogP contribution in [0.1, 0.15) is 25.8 Å². The van der Waals surface area contributed by atoms with E-state index in [1.165, 1.54) is 5.56 Å². The summed E-state index contributed by atoms with van der Waals surface area (Å²) in [4.78, 5) is 17.0. The summed E-state index contributed by atoms with van der Waals surface area (Å²) < 4.78 is 0. The predicted octanol–water partition coefficient (Wildman–Crippen LogP) is 2.81. The number of hydrogen-bond acceptors (Lipinski definition) is 3. The van der Waals surface area contributed by atoms with Gasteiger partial charge in [-0.25, -0.2) is 0 Å². The maximum absolute atomic E-state index is 12.5. The molecule has 1 N–H and O–H groups in total. The SMILES string of the molecule is CNCC(C)C(=O)N1CCC(C)N(Cc2ccccc2)CC1.Cl.Cl. The molecule has 1 aliphatic rings. The van der Waals surface area contributed by atoms with E-state index < -0.39 is 0 Å². The summed E-state index contributed by atoms with van der Waals surface area (Å²) in [6, 6.07) is 11.1. The van der Waals surface area contributed by atoms with Gasteiger partial charge >= 0.3 is 0 Å². The highest BCUT2D eigenvalue weighted by Gasteiger charge is 2.25. The van der Waals surface area contributed by atoms with E-state index >= 15 is 0 Å². The van der Waals surface area contributed by atoms with Crippen molar-refractivity contribution in [1.29, 1.82) is 0 Å². The maximum atomic E-state index is 12.5. The van der Waals surface area contributed by atoms with E-state index in [9.17, 15) is 4.79 Å². The quantitative estimate of drug-likeness (QED) is 0.859. The van der Waals surface area contributed by atoms with Gasteiger partial charge in [-0.2, -0.15) is 0 Å². The summed E-state index contributed by atoms with van der Waals surface area (Å²) >= 11 is 0. The van der Waals surface area contributed by atoms with E-state index in [1.807, 2.05) is 18.9 Å². The summed E-state index contributed by atoms with van der Waals surface area (Å²) in [7, 11) is 1.90. The fraction of sp³-hybridized carbons (Fsp3) is 0.611. The Bertz CT molecular complexity index is 473. The second kappa shape index (κ2) is 11.7. The zero-order valence-electron chi connectivity index (χ0n) is 14.9. The first-order valence-electron chi connectivity index (χ1n) is 8.33. The molecule has 1 aliphatic heterocycles. The summed E-state index contributed by atoms with van der Waals surface area (Å²) in [5.74, 6) is 0.337. The fourth-order valence-electron chi connectivity index (χ4n) is 3.08. The Hall–Kier alpha value is -0.810. The lowest BCUT2D eigenvalue weighted by Crippen LogP contribution is -2.40. The van der Waals surface area contributed by atoms with Crippen molar-refractivity contribution in [3.05, 3.63) is 35.9 Å². The van der Waals surface area contributed by atoms with Gasteiger partial charge in [0.2, 0.25) is 5.91 Å². The number of rotatable bonds is 5. The van der Waals surface area contributed by atoms with Crippen LogP contribution in [0, 0.1) is 5.92 Å². The molecule has 6 heteroatoms. The highest BCUT2D eigenvalue weighted by atomic mass is 35.5. The molecule has 4 nitrogen and oxygen atoms in total. The number of carbonyl (C=O) groups excluding carboxylic acids is 1. The van der Waals surface area contributed by atoms with Gasteiger partial charge in [0.25, 0.3) is 0 Å².